The lowest BCUT2D eigenvalue weighted by molar-refractivity contribution is 0.445. The predicted molar refractivity (Wildman–Crippen MR) is 304 cm³/mol. The van der Waals surface area contributed by atoms with Gasteiger partial charge in [-0.3, -0.25) is 0 Å². The molecule has 0 heterocycles. The van der Waals surface area contributed by atoms with Crippen LogP contribution in [0.25, 0.3) is 134 Å². The van der Waals surface area contributed by atoms with Gasteiger partial charge >= 0.3 is 0 Å². The molecule has 0 saturated carbocycles. The lowest BCUT2D eigenvalue weighted by Crippen LogP contribution is -2.10. The van der Waals surface area contributed by atoms with Crippen LogP contribution in [-0.2, 0) is 0 Å². The van der Waals surface area contributed by atoms with Gasteiger partial charge < -0.3 is 0 Å². The average molecular weight is 1490 g/mol. The van der Waals surface area contributed by atoms with Crippen LogP contribution in [0.3, 0.4) is 0 Å². The Kier molecular flexibility index (Phi) is 17.1. The molecule has 0 unspecified atom stereocenters. The molecule has 12 aromatic rings. The van der Waals surface area contributed by atoms with Crippen LogP contribution >= 0.6 is 0 Å². The Hall–Kier alpha value is -11.6. The standard InChI is InChI=1S/C72H16F32/c73-41-25-17-1-2-18(4-3-17)26-43(75)59(91)35(60(92)44(26)76)36-63(95)47(79)28(48(80)64(36)96)20-9-11-22(12-10-20)30-51(83)67(99)39(68(100)52(30)84)40-71(103)55(87)32(56(88)72(40)104)24-15-13-23(14-16-24)31-53(85)69(101)38(70(102)54(31)86)37-65(97)49(81)29(50(82)66(37)98)21-7-5-19(6-8-21)27-45(77)61(93)34(62(94)46(27)78)33(57(41)89)58(90)42(25)74/h1-16H. The molecule has 0 amide bonds. The Labute approximate surface area is 555 Å². The van der Waals surface area contributed by atoms with Crippen molar-refractivity contribution in [2.75, 3.05) is 0 Å². The van der Waals surface area contributed by atoms with Crippen LogP contribution in [-0.4, -0.2) is 0 Å². The molecule has 0 spiro atoms. The van der Waals surface area contributed by atoms with Crippen molar-refractivity contribution < 1.29 is 140 Å². The number of benzene rings is 12. The normalized spacial score (nSPS) is 11.8. The van der Waals surface area contributed by atoms with E-state index in [1.54, 1.807) is 0 Å². The van der Waals surface area contributed by atoms with Crippen molar-refractivity contribution in [1.82, 2.24) is 0 Å². The molecule has 0 aromatic heterocycles. The minimum atomic E-state index is -2.86. The number of halogens is 32. The van der Waals surface area contributed by atoms with E-state index >= 15 is 140 Å². The highest BCUT2D eigenvalue weighted by Crippen LogP contribution is 2.50. The quantitative estimate of drug-likeness (QED) is 0.105. The van der Waals surface area contributed by atoms with Crippen molar-refractivity contribution in [3.63, 3.8) is 0 Å². The fourth-order valence-electron chi connectivity index (χ4n) is 12.1. The topological polar surface area (TPSA) is 0 Å². The van der Waals surface area contributed by atoms with Crippen molar-refractivity contribution in [2.24, 2.45) is 0 Å². The third-order valence-electron chi connectivity index (χ3n) is 17.0. The zero-order valence-corrected chi connectivity index (χ0v) is 49.3. The minimum Gasteiger partial charge on any atom is -0.203 e. The van der Waals surface area contributed by atoms with Gasteiger partial charge in [-0.15, -0.1) is 0 Å². The molecule has 0 saturated heterocycles. The summed E-state index contributed by atoms with van der Waals surface area (Å²) in [7, 11) is 0. The summed E-state index contributed by atoms with van der Waals surface area (Å²) in [5.74, 6) is -88.7. The van der Waals surface area contributed by atoms with Gasteiger partial charge in [-0.05, 0) is 44.5 Å². The summed E-state index contributed by atoms with van der Waals surface area (Å²) in [5.41, 5.74) is -44.9. The van der Waals surface area contributed by atoms with Crippen LogP contribution in [0.5, 0.6) is 0 Å². The Morgan fingerprint density at radius 2 is 0.125 bits per heavy atom. The summed E-state index contributed by atoms with van der Waals surface area (Å²) in [4.78, 5) is 0. The maximum Gasteiger partial charge on any atom is 0.170 e. The van der Waals surface area contributed by atoms with Gasteiger partial charge in [-0.2, -0.15) is 0 Å². The van der Waals surface area contributed by atoms with Crippen LogP contribution < -0.4 is 0 Å². The van der Waals surface area contributed by atoms with Gasteiger partial charge in [-0.25, -0.2) is 140 Å². The Morgan fingerprint density at radius 1 is 0.0769 bits per heavy atom. The largest absolute Gasteiger partial charge is 0.203 e. The van der Waals surface area contributed by atoms with Crippen molar-refractivity contribution >= 4 is 0 Å². The summed E-state index contributed by atoms with van der Waals surface area (Å²) >= 11 is 0. The summed E-state index contributed by atoms with van der Waals surface area (Å²) in [6.45, 7) is 0. The predicted octanol–water partition coefficient (Wildman–Crippen LogP) is 24.5. The fraction of sp³-hybridized carbons (Fsp3) is 0. The van der Waals surface area contributed by atoms with E-state index in [9.17, 15) is 0 Å². The highest BCUT2D eigenvalue weighted by atomic mass is 19.2. The zero-order valence-electron chi connectivity index (χ0n) is 49.3. The second-order valence-electron chi connectivity index (χ2n) is 22.4. The second-order valence-corrected chi connectivity index (χ2v) is 22.4. The molecule has 104 heavy (non-hydrogen) atoms. The summed E-state index contributed by atoms with van der Waals surface area (Å²) in [6.07, 6.45) is 0. The minimum absolute atomic E-state index is 0.265. The molecule has 12 aromatic carbocycles. The van der Waals surface area contributed by atoms with Crippen LogP contribution in [0.15, 0.2) is 97.1 Å². The molecule has 0 atom stereocenters. The second kappa shape index (κ2) is 25.1. The van der Waals surface area contributed by atoms with Gasteiger partial charge in [0.25, 0.3) is 0 Å². The molecule has 32 heteroatoms. The van der Waals surface area contributed by atoms with Gasteiger partial charge in [0.2, 0.25) is 0 Å². The van der Waals surface area contributed by atoms with E-state index in [0.29, 0.717) is 0 Å². The SMILES string of the molecule is Fc1c(F)c2c(F)c(F)c1-c1ccc(cc1)-c1c(F)c(F)c(c(F)c1F)-c1c(F)c(F)c(c(F)c1F)-c1ccc(cc1)-c1c(F)c(F)c(c(F)c1F)-c1c(F)c(F)c(c(F)c1F)-c1ccc(cc1)-c1c(F)c(F)c(c(F)c1F)-c1c(F)c(F)c(c(F)c1F)-c1ccc(cc1)-c1c(F)c(F)c-2c(F)c1F. The molecule has 0 N–H and O–H groups in total. The zero-order chi connectivity index (χ0) is 75.6. The fourth-order valence-corrected chi connectivity index (χ4v) is 12.1. The van der Waals surface area contributed by atoms with Crippen molar-refractivity contribution in [1.29, 1.82) is 0 Å². The molecule has 34 aliphatic carbocycles. The van der Waals surface area contributed by atoms with Crippen LogP contribution in [0.4, 0.5) is 140 Å². The average Bonchev–Trinajstić information content (AvgIpc) is 0.748. The van der Waals surface area contributed by atoms with Gasteiger partial charge in [0.05, 0.1) is 89.0 Å². The Morgan fingerprint density at radius 3 is 0.183 bits per heavy atom. The lowest BCUT2D eigenvalue weighted by atomic mass is 9.91. The van der Waals surface area contributed by atoms with E-state index < -0.39 is 320 Å². The number of hydrogen-bond acceptors (Lipinski definition) is 0. The molecule has 528 valence electrons. The van der Waals surface area contributed by atoms with Crippen LogP contribution in [0.2, 0.25) is 0 Å². The smallest absolute Gasteiger partial charge is 0.170 e. The third kappa shape index (κ3) is 10.0. The molecule has 46 rings (SSSR count). The maximum absolute atomic E-state index is 16.0. The van der Waals surface area contributed by atoms with Crippen LogP contribution in [0.1, 0.15) is 0 Å². The maximum atomic E-state index is 16.0. The van der Waals surface area contributed by atoms with E-state index in [0.717, 1.165) is 0 Å². The highest BCUT2D eigenvalue weighted by Gasteiger charge is 2.41. The first kappa shape index (κ1) is 70.8. The van der Waals surface area contributed by atoms with Crippen molar-refractivity contribution in [3.8, 4) is 134 Å². The highest BCUT2D eigenvalue weighted by molar-refractivity contribution is 5.85. The molecular formula is C72H16F32. The van der Waals surface area contributed by atoms with E-state index in [2.05, 4.69) is 0 Å². The molecule has 0 aliphatic heterocycles. The third-order valence-corrected chi connectivity index (χ3v) is 17.0. The summed E-state index contributed by atoms with van der Waals surface area (Å²) in [6, 6.07) is 4.24. The van der Waals surface area contributed by atoms with E-state index in [1.807, 2.05) is 0 Å². The number of rotatable bonds is 0. The van der Waals surface area contributed by atoms with Gasteiger partial charge in [-0.1, -0.05) is 97.1 Å². The Balaban J connectivity index is 0.976. The van der Waals surface area contributed by atoms with Gasteiger partial charge in [0.1, 0.15) is 0 Å². The Bertz CT molecular complexity index is 4530. The van der Waals surface area contributed by atoms with E-state index in [4.69, 9.17) is 0 Å². The monoisotopic (exact) mass is 1490 g/mol. The molecule has 0 nitrogen and oxygen atoms in total. The van der Waals surface area contributed by atoms with Gasteiger partial charge in [0.15, 0.2) is 186 Å². The van der Waals surface area contributed by atoms with Crippen molar-refractivity contribution in [3.05, 3.63) is 283 Å². The summed E-state index contributed by atoms with van der Waals surface area (Å²) < 4.78 is 511. The first-order valence-electron chi connectivity index (χ1n) is 28.3. The van der Waals surface area contributed by atoms with Crippen LogP contribution in [0, 0.1) is 186 Å². The van der Waals surface area contributed by atoms with Gasteiger partial charge in [0, 0.05) is 0 Å². The van der Waals surface area contributed by atoms with E-state index in [1.165, 1.54) is 0 Å². The first-order chi connectivity index (χ1) is 49.0. The molecular weight excluding hydrogens is 1470 g/mol. The molecule has 24 bridgehead atoms. The number of hydrogen-bond donors (Lipinski definition) is 0. The van der Waals surface area contributed by atoms with Crippen molar-refractivity contribution in [2.45, 2.75) is 0 Å². The van der Waals surface area contributed by atoms with E-state index in [-0.39, 0.29) is 97.1 Å². The molecule has 0 radical (unpaired) electrons. The summed E-state index contributed by atoms with van der Waals surface area (Å²) in [5, 5.41) is 0. The first-order valence-corrected chi connectivity index (χ1v) is 28.3. The molecule has 34 aliphatic rings. The molecule has 0 fully saturated rings. The lowest BCUT2D eigenvalue weighted by Gasteiger charge is -2.18.